The van der Waals surface area contributed by atoms with E-state index < -0.39 is 0 Å². The summed E-state index contributed by atoms with van der Waals surface area (Å²) in [6.45, 7) is 7.37. The Kier molecular flexibility index (Phi) is 7.64. The molecule has 6 heteroatoms. The lowest BCUT2D eigenvalue weighted by Gasteiger charge is -2.20. The largest absolute Gasteiger partial charge is 0.356 e. The van der Waals surface area contributed by atoms with Crippen LogP contribution < -0.4 is 10.6 Å². The fraction of sp³-hybridized carbons (Fsp3) is 0.500. The van der Waals surface area contributed by atoms with E-state index in [4.69, 9.17) is 0 Å². The maximum Gasteiger partial charge on any atom is 0.191 e. The third kappa shape index (κ3) is 5.15. The first-order valence-corrected chi connectivity index (χ1v) is 7.50. The molecule has 2 N–H and O–H groups in total. The van der Waals surface area contributed by atoms with Gasteiger partial charge in [-0.15, -0.1) is 24.0 Å². The van der Waals surface area contributed by atoms with Crippen LogP contribution in [0.15, 0.2) is 35.6 Å². The van der Waals surface area contributed by atoms with Crippen LogP contribution >= 0.6 is 24.0 Å². The van der Waals surface area contributed by atoms with Gasteiger partial charge in [0.15, 0.2) is 5.96 Å². The van der Waals surface area contributed by atoms with Gasteiger partial charge in [-0.05, 0) is 25.0 Å². The topological polar surface area (TPSA) is 53.7 Å². The number of nitrogens with one attached hydrogen (secondary N) is 2. The highest BCUT2D eigenvalue weighted by molar-refractivity contribution is 14.0. The fourth-order valence-corrected chi connectivity index (χ4v) is 1.99. The van der Waals surface area contributed by atoms with E-state index in [1.54, 1.807) is 7.05 Å². The van der Waals surface area contributed by atoms with E-state index in [1.807, 2.05) is 28.8 Å². The number of nitrogens with zero attached hydrogens (tertiary/aromatic N) is 3. The molecule has 2 aromatic heterocycles. The Morgan fingerprint density at radius 2 is 2.09 bits per heavy atom. The van der Waals surface area contributed by atoms with Crippen molar-refractivity contribution in [3.63, 3.8) is 0 Å². The molecule has 0 aliphatic heterocycles. The number of halogens is 1. The summed E-state index contributed by atoms with van der Waals surface area (Å²) >= 11 is 0. The van der Waals surface area contributed by atoms with E-state index in [0.717, 1.165) is 30.3 Å². The third-order valence-corrected chi connectivity index (χ3v) is 3.68. The minimum Gasteiger partial charge on any atom is -0.356 e. The Labute approximate surface area is 149 Å². The van der Waals surface area contributed by atoms with Crippen LogP contribution in [0.2, 0.25) is 0 Å². The van der Waals surface area contributed by atoms with E-state index in [1.165, 1.54) is 0 Å². The number of aromatic nitrogens is 2. The van der Waals surface area contributed by atoms with Gasteiger partial charge >= 0.3 is 0 Å². The van der Waals surface area contributed by atoms with E-state index in [9.17, 15) is 0 Å². The van der Waals surface area contributed by atoms with Gasteiger partial charge in [0.2, 0.25) is 0 Å². The first-order chi connectivity index (χ1) is 10.1. The van der Waals surface area contributed by atoms with E-state index >= 15 is 0 Å². The first-order valence-electron chi connectivity index (χ1n) is 7.50. The number of fused-ring (bicyclic) bond motifs is 1. The molecule has 0 aliphatic rings. The zero-order valence-electron chi connectivity index (χ0n) is 13.7. The van der Waals surface area contributed by atoms with Gasteiger partial charge in [0.05, 0.1) is 5.69 Å². The Morgan fingerprint density at radius 3 is 2.73 bits per heavy atom. The van der Waals surface area contributed by atoms with Gasteiger partial charge in [0.25, 0.3) is 0 Å². The van der Waals surface area contributed by atoms with Crippen LogP contribution in [0.25, 0.3) is 5.65 Å². The molecule has 0 amide bonds. The molecular formula is C16H26IN5. The summed E-state index contributed by atoms with van der Waals surface area (Å²) in [6.07, 6.45) is 4.96. The summed E-state index contributed by atoms with van der Waals surface area (Å²) in [5, 5.41) is 6.73. The van der Waals surface area contributed by atoms with Crippen LogP contribution in [0.4, 0.5) is 0 Å². The molecule has 1 unspecified atom stereocenters. The summed E-state index contributed by atoms with van der Waals surface area (Å²) in [5.41, 5.74) is 2.07. The lowest BCUT2D eigenvalue weighted by atomic mass is 10.1. The average molecular weight is 415 g/mol. The van der Waals surface area contributed by atoms with E-state index in [2.05, 4.69) is 47.6 Å². The lowest BCUT2D eigenvalue weighted by Crippen LogP contribution is -2.44. The summed E-state index contributed by atoms with van der Waals surface area (Å²) in [6, 6.07) is 6.42. The summed E-state index contributed by atoms with van der Waals surface area (Å²) in [5.74, 6) is 1.42. The maximum absolute atomic E-state index is 4.59. The highest BCUT2D eigenvalue weighted by atomic mass is 127. The normalized spacial score (nSPS) is 13.0. The van der Waals surface area contributed by atoms with Crippen molar-refractivity contribution in [2.24, 2.45) is 10.9 Å². The van der Waals surface area contributed by atoms with E-state index in [-0.39, 0.29) is 24.0 Å². The maximum atomic E-state index is 4.59. The zero-order chi connectivity index (χ0) is 15.2. The second-order valence-corrected chi connectivity index (χ2v) is 5.62. The van der Waals surface area contributed by atoms with Crippen molar-refractivity contribution >= 4 is 35.6 Å². The van der Waals surface area contributed by atoms with Gasteiger partial charge in [0, 0.05) is 38.4 Å². The molecule has 0 radical (unpaired) electrons. The van der Waals surface area contributed by atoms with Gasteiger partial charge in [-0.1, -0.05) is 19.9 Å². The Bertz CT molecular complexity index is 572. The molecule has 0 spiro atoms. The predicted molar refractivity (Wildman–Crippen MR) is 103 cm³/mol. The average Bonchev–Trinajstić information content (AvgIpc) is 2.88. The third-order valence-electron chi connectivity index (χ3n) is 3.68. The van der Waals surface area contributed by atoms with Gasteiger partial charge in [-0.2, -0.15) is 0 Å². The highest BCUT2D eigenvalue weighted by Gasteiger charge is 2.08. The molecule has 2 heterocycles. The van der Waals surface area contributed by atoms with Crippen LogP contribution in [0.3, 0.4) is 0 Å². The molecular weight excluding hydrogens is 389 g/mol. The SMILES string of the molecule is CN=C(NCCc1cn2ccccc2n1)NC(C)C(C)C.I. The number of guanidine groups is 1. The van der Waals surface area contributed by atoms with E-state index in [0.29, 0.717) is 12.0 Å². The lowest BCUT2D eigenvalue weighted by molar-refractivity contribution is 0.481. The molecule has 122 valence electrons. The number of pyridine rings is 1. The van der Waals surface area contributed by atoms with Crippen LogP contribution in [0.1, 0.15) is 26.5 Å². The van der Waals surface area contributed by atoms with Crippen molar-refractivity contribution in [3.05, 3.63) is 36.3 Å². The Morgan fingerprint density at radius 1 is 1.32 bits per heavy atom. The summed E-state index contributed by atoms with van der Waals surface area (Å²) in [4.78, 5) is 8.84. The molecule has 0 aromatic carbocycles. The van der Waals surface area contributed by atoms with Crippen LogP contribution in [0, 0.1) is 5.92 Å². The molecule has 0 saturated carbocycles. The number of aliphatic imine (C=N–C) groups is 1. The molecule has 0 fully saturated rings. The molecule has 5 nitrogen and oxygen atoms in total. The van der Waals surface area contributed by atoms with Gasteiger partial charge in [-0.3, -0.25) is 4.99 Å². The molecule has 2 rings (SSSR count). The van der Waals surface area contributed by atoms with Gasteiger partial charge < -0.3 is 15.0 Å². The van der Waals surface area contributed by atoms with Gasteiger partial charge in [-0.25, -0.2) is 4.98 Å². The highest BCUT2D eigenvalue weighted by Crippen LogP contribution is 2.04. The minimum atomic E-state index is 0. The molecule has 0 aliphatic carbocycles. The van der Waals surface area contributed by atoms with Crippen molar-refractivity contribution in [2.75, 3.05) is 13.6 Å². The van der Waals surface area contributed by atoms with Crippen molar-refractivity contribution in [1.29, 1.82) is 0 Å². The van der Waals surface area contributed by atoms with Crippen LogP contribution in [-0.4, -0.2) is 35.0 Å². The monoisotopic (exact) mass is 415 g/mol. The summed E-state index contributed by atoms with van der Waals surface area (Å²) in [7, 11) is 1.80. The van der Waals surface area contributed by atoms with Gasteiger partial charge in [0.1, 0.15) is 5.65 Å². The number of hydrogen-bond acceptors (Lipinski definition) is 2. The molecule has 0 saturated heterocycles. The Balaban J connectivity index is 0.00000242. The smallest absolute Gasteiger partial charge is 0.191 e. The Hall–Kier alpha value is -1.31. The molecule has 0 bridgehead atoms. The van der Waals surface area contributed by atoms with Crippen molar-refractivity contribution < 1.29 is 0 Å². The molecule has 1 atom stereocenters. The standard InChI is InChI=1S/C16H25N5.HI/c1-12(2)13(3)19-16(17-4)18-9-8-14-11-21-10-6-5-7-15(21)20-14;/h5-7,10-13H,8-9H2,1-4H3,(H2,17,18,19);1H. The number of rotatable bonds is 5. The molecule has 2 aromatic rings. The van der Waals surface area contributed by atoms with Crippen molar-refractivity contribution in [1.82, 2.24) is 20.0 Å². The van der Waals surface area contributed by atoms with Crippen molar-refractivity contribution in [3.8, 4) is 0 Å². The number of hydrogen-bond donors (Lipinski definition) is 2. The quantitative estimate of drug-likeness (QED) is 0.449. The minimum absolute atomic E-state index is 0. The van der Waals surface area contributed by atoms with Crippen molar-refractivity contribution in [2.45, 2.75) is 33.2 Å². The fourth-order valence-electron chi connectivity index (χ4n) is 1.99. The second kappa shape index (κ2) is 8.97. The number of imidazole rings is 1. The van der Waals surface area contributed by atoms with Crippen LogP contribution in [-0.2, 0) is 6.42 Å². The second-order valence-electron chi connectivity index (χ2n) is 5.62. The predicted octanol–water partition coefficient (Wildman–Crippen LogP) is 2.70. The first kappa shape index (κ1) is 18.7. The summed E-state index contributed by atoms with van der Waals surface area (Å²) < 4.78 is 2.04. The zero-order valence-corrected chi connectivity index (χ0v) is 16.0. The van der Waals surface area contributed by atoms with Crippen LogP contribution in [0.5, 0.6) is 0 Å². The molecule has 22 heavy (non-hydrogen) atoms.